The summed E-state index contributed by atoms with van der Waals surface area (Å²) in [7, 11) is 0. The van der Waals surface area contributed by atoms with Gasteiger partial charge in [0.05, 0.1) is 18.2 Å². The van der Waals surface area contributed by atoms with Gasteiger partial charge in [-0.3, -0.25) is 0 Å². The molecule has 0 aromatic carbocycles. The van der Waals surface area contributed by atoms with E-state index in [-0.39, 0.29) is 5.95 Å². The first kappa shape index (κ1) is 11.9. The smallest absolute Gasteiger partial charge is 0.222 e. The summed E-state index contributed by atoms with van der Waals surface area (Å²) < 4.78 is 5.06. The number of nitrogen functional groups attached to an aromatic ring is 1. The molecule has 0 bridgehead atoms. The standard InChI is InChI=1S/C12H14ClN3O/c1-2-3-4-9-10(8-5-6-17-7-8)15-12(14)16-11(9)13/h5-7H,2-4H2,1H3,(H2,14,15,16). The van der Waals surface area contributed by atoms with E-state index in [1.165, 1.54) is 0 Å². The zero-order valence-electron chi connectivity index (χ0n) is 9.61. The zero-order chi connectivity index (χ0) is 12.3. The second-order valence-corrected chi connectivity index (χ2v) is 4.17. The lowest BCUT2D eigenvalue weighted by Crippen LogP contribution is -2.02. The molecule has 0 amide bonds. The molecule has 0 aliphatic heterocycles. The quantitative estimate of drug-likeness (QED) is 0.847. The van der Waals surface area contributed by atoms with Gasteiger partial charge in [0, 0.05) is 11.1 Å². The summed E-state index contributed by atoms with van der Waals surface area (Å²) in [5, 5.41) is 0.433. The molecule has 0 saturated carbocycles. The molecule has 90 valence electrons. The molecule has 0 aliphatic carbocycles. The van der Waals surface area contributed by atoms with Gasteiger partial charge in [0.2, 0.25) is 5.95 Å². The van der Waals surface area contributed by atoms with Gasteiger partial charge in [0.1, 0.15) is 5.15 Å². The van der Waals surface area contributed by atoms with E-state index in [0.717, 1.165) is 36.1 Å². The van der Waals surface area contributed by atoms with Crippen molar-refractivity contribution in [3.05, 3.63) is 29.3 Å². The Morgan fingerprint density at radius 2 is 2.24 bits per heavy atom. The Kier molecular flexibility index (Phi) is 3.64. The van der Waals surface area contributed by atoms with Crippen LogP contribution < -0.4 is 5.73 Å². The molecular formula is C12H14ClN3O. The highest BCUT2D eigenvalue weighted by molar-refractivity contribution is 6.30. The minimum atomic E-state index is 0.187. The molecule has 0 unspecified atom stereocenters. The maximum atomic E-state index is 6.13. The van der Waals surface area contributed by atoms with Gasteiger partial charge in [-0.1, -0.05) is 24.9 Å². The van der Waals surface area contributed by atoms with Crippen LogP contribution in [-0.2, 0) is 6.42 Å². The number of furan rings is 1. The third kappa shape index (κ3) is 2.58. The van der Waals surface area contributed by atoms with Crippen molar-refractivity contribution in [2.24, 2.45) is 0 Å². The van der Waals surface area contributed by atoms with Crippen molar-refractivity contribution in [1.82, 2.24) is 9.97 Å². The van der Waals surface area contributed by atoms with E-state index in [2.05, 4.69) is 16.9 Å². The van der Waals surface area contributed by atoms with Crippen LogP contribution in [0.5, 0.6) is 0 Å². The highest BCUT2D eigenvalue weighted by atomic mass is 35.5. The molecule has 0 saturated heterocycles. The summed E-state index contributed by atoms with van der Waals surface area (Å²) >= 11 is 6.13. The van der Waals surface area contributed by atoms with Gasteiger partial charge in [-0.2, -0.15) is 0 Å². The van der Waals surface area contributed by atoms with E-state index in [1.807, 2.05) is 6.07 Å². The topological polar surface area (TPSA) is 64.9 Å². The summed E-state index contributed by atoms with van der Waals surface area (Å²) in [4.78, 5) is 8.25. The fourth-order valence-electron chi connectivity index (χ4n) is 1.69. The molecule has 0 radical (unpaired) electrons. The van der Waals surface area contributed by atoms with Gasteiger partial charge in [-0.05, 0) is 18.9 Å². The summed E-state index contributed by atoms with van der Waals surface area (Å²) in [5.41, 5.74) is 8.21. The zero-order valence-corrected chi connectivity index (χ0v) is 10.4. The van der Waals surface area contributed by atoms with E-state index >= 15 is 0 Å². The van der Waals surface area contributed by atoms with Crippen LogP contribution in [0.4, 0.5) is 5.95 Å². The van der Waals surface area contributed by atoms with E-state index < -0.39 is 0 Å². The molecule has 0 atom stereocenters. The third-order valence-corrected chi connectivity index (χ3v) is 2.86. The Morgan fingerprint density at radius 1 is 1.41 bits per heavy atom. The van der Waals surface area contributed by atoms with Gasteiger partial charge in [0.15, 0.2) is 0 Å². The van der Waals surface area contributed by atoms with E-state index in [4.69, 9.17) is 21.8 Å². The summed E-state index contributed by atoms with van der Waals surface area (Å²) in [6.07, 6.45) is 6.21. The minimum absolute atomic E-state index is 0.187. The average molecular weight is 252 g/mol. The molecule has 4 nitrogen and oxygen atoms in total. The van der Waals surface area contributed by atoms with Gasteiger partial charge < -0.3 is 10.2 Å². The Balaban J connectivity index is 2.47. The van der Waals surface area contributed by atoms with Gasteiger partial charge in [-0.25, -0.2) is 9.97 Å². The first-order chi connectivity index (χ1) is 8.22. The Labute approximate surface area is 105 Å². The number of rotatable bonds is 4. The Hall–Kier alpha value is -1.55. The number of anilines is 1. The monoisotopic (exact) mass is 251 g/mol. The fourth-order valence-corrected chi connectivity index (χ4v) is 1.96. The molecule has 5 heteroatoms. The average Bonchev–Trinajstić information content (AvgIpc) is 2.80. The molecular weight excluding hydrogens is 238 g/mol. The summed E-state index contributed by atoms with van der Waals surface area (Å²) in [6.45, 7) is 2.13. The Bertz CT molecular complexity index is 497. The number of aromatic nitrogens is 2. The maximum Gasteiger partial charge on any atom is 0.222 e. The number of nitrogens with zero attached hydrogens (tertiary/aromatic N) is 2. The Morgan fingerprint density at radius 3 is 2.88 bits per heavy atom. The van der Waals surface area contributed by atoms with Crippen molar-refractivity contribution in [3.8, 4) is 11.3 Å². The fraction of sp³-hybridized carbons (Fsp3) is 0.333. The van der Waals surface area contributed by atoms with Gasteiger partial charge in [0.25, 0.3) is 0 Å². The number of hydrogen-bond donors (Lipinski definition) is 1. The van der Waals surface area contributed by atoms with Crippen LogP contribution in [-0.4, -0.2) is 9.97 Å². The lowest BCUT2D eigenvalue weighted by atomic mass is 10.1. The van der Waals surface area contributed by atoms with E-state index in [0.29, 0.717) is 5.15 Å². The third-order valence-electron chi connectivity index (χ3n) is 2.55. The van der Waals surface area contributed by atoms with Crippen LogP contribution in [0.1, 0.15) is 25.3 Å². The van der Waals surface area contributed by atoms with Crippen molar-refractivity contribution in [3.63, 3.8) is 0 Å². The van der Waals surface area contributed by atoms with Crippen LogP contribution in [0.2, 0.25) is 5.15 Å². The second-order valence-electron chi connectivity index (χ2n) is 3.82. The normalized spacial score (nSPS) is 10.7. The lowest BCUT2D eigenvalue weighted by Gasteiger charge is -2.09. The lowest BCUT2D eigenvalue weighted by molar-refractivity contribution is 0.568. The van der Waals surface area contributed by atoms with Crippen LogP contribution >= 0.6 is 11.6 Å². The maximum absolute atomic E-state index is 6.13. The number of unbranched alkanes of at least 4 members (excludes halogenated alkanes) is 1. The summed E-state index contributed by atoms with van der Waals surface area (Å²) in [5.74, 6) is 0.187. The molecule has 2 rings (SSSR count). The highest BCUT2D eigenvalue weighted by Crippen LogP contribution is 2.28. The largest absolute Gasteiger partial charge is 0.472 e. The van der Waals surface area contributed by atoms with Crippen molar-refractivity contribution < 1.29 is 4.42 Å². The van der Waals surface area contributed by atoms with Crippen molar-refractivity contribution in [2.75, 3.05) is 5.73 Å². The minimum Gasteiger partial charge on any atom is -0.472 e. The molecule has 2 aromatic rings. The molecule has 0 aliphatic rings. The van der Waals surface area contributed by atoms with Gasteiger partial charge in [-0.15, -0.1) is 0 Å². The van der Waals surface area contributed by atoms with Crippen molar-refractivity contribution in [1.29, 1.82) is 0 Å². The molecule has 17 heavy (non-hydrogen) atoms. The van der Waals surface area contributed by atoms with E-state index in [9.17, 15) is 0 Å². The molecule has 0 fully saturated rings. The van der Waals surface area contributed by atoms with Crippen LogP contribution in [0.15, 0.2) is 23.0 Å². The number of nitrogens with two attached hydrogens (primary N) is 1. The van der Waals surface area contributed by atoms with Crippen molar-refractivity contribution in [2.45, 2.75) is 26.2 Å². The van der Waals surface area contributed by atoms with Crippen LogP contribution in [0.25, 0.3) is 11.3 Å². The van der Waals surface area contributed by atoms with Crippen LogP contribution in [0.3, 0.4) is 0 Å². The first-order valence-corrected chi connectivity index (χ1v) is 5.94. The number of halogens is 1. The molecule has 0 spiro atoms. The van der Waals surface area contributed by atoms with Gasteiger partial charge >= 0.3 is 0 Å². The SMILES string of the molecule is CCCCc1c(Cl)nc(N)nc1-c1ccoc1. The predicted octanol–water partition coefficient (Wildman–Crippen LogP) is 3.31. The van der Waals surface area contributed by atoms with Crippen LogP contribution in [0, 0.1) is 0 Å². The molecule has 2 heterocycles. The summed E-state index contributed by atoms with van der Waals surface area (Å²) in [6, 6.07) is 1.84. The molecule has 2 aromatic heterocycles. The molecule has 2 N–H and O–H groups in total. The van der Waals surface area contributed by atoms with Crippen molar-refractivity contribution >= 4 is 17.5 Å². The predicted molar refractivity (Wildman–Crippen MR) is 67.8 cm³/mol. The van der Waals surface area contributed by atoms with E-state index in [1.54, 1.807) is 12.5 Å². The second kappa shape index (κ2) is 5.19. The number of hydrogen-bond acceptors (Lipinski definition) is 4. The highest BCUT2D eigenvalue weighted by Gasteiger charge is 2.14. The first-order valence-electron chi connectivity index (χ1n) is 5.56.